The third kappa shape index (κ3) is 2.32. The van der Waals surface area contributed by atoms with E-state index in [0.717, 1.165) is 17.5 Å². The predicted molar refractivity (Wildman–Crippen MR) is 83.5 cm³/mol. The van der Waals surface area contributed by atoms with Crippen LogP contribution in [-0.2, 0) is 11.8 Å². The molecule has 2 atom stereocenters. The molecular formula is C17H13Cl2NO. The Hall–Kier alpha value is -1.53. The lowest BCUT2D eigenvalue weighted by molar-refractivity contribution is 0.111. The number of rotatable bonds is 2. The fraction of sp³-hybridized carbons (Fsp3) is 0.235. The van der Waals surface area contributed by atoms with Crippen LogP contribution in [0.15, 0.2) is 42.5 Å². The lowest BCUT2D eigenvalue weighted by Crippen LogP contribution is -2.29. The Morgan fingerprint density at radius 3 is 2.48 bits per heavy atom. The molecule has 1 aliphatic rings. The quantitative estimate of drug-likeness (QED) is 0.890. The van der Waals surface area contributed by atoms with Crippen molar-refractivity contribution in [3.05, 3.63) is 69.2 Å². The topological polar surface area (TPSA) is 44.0 Å². The number of nitriles is 1. The van der Waals surface area contributed by atoms with Crippen molar-refractivity contribution in [2.24, 2.45) is 0 Å². The number of aliphatic hydroxyl groups is 1. The second-order valence-corrected chi connectivity index (χ2v) is 6.22. The molecule has 2 nitrogen and oxygen atoms in total. The molecule has 3 rings (SSSR count). The van der Waals surface area contributed by atoms with Crippen molar-refractivity contribution in [1.29, 1.82) is 5.26 Å². The molecule has 0 radical (unpaired) electrons. The van der Waals surface area contributed by atoms with E-state index in [1.165, 1.54) is 0 Å². The molecule has 0 aliphatic heterocycles. The highest BCUT2D eigenvalue weighted by atomic mass is 35.5. The molecule has 1 aliphatic carbocycles. The predicted octanol–water partition coefficient (Wildman–Crippen LogP) is 4.43. The Labute approximate surface area is 133 Å². The molecule has 0 fully saturated rings. The van der Waals surface area contributed by atoms with E-state index in [1.807, 2.05) is 24.3 Å². The van der Waals surface area contributed by atoms with Crippen molar-refractivity contribution in [1.82, 2.24) is 0 Å². The van der Waals surface area contributed by atoms with Gasteiger partial charge >= 0.3 is 0 Å². The van der Waals surface area contributed by atoms with Crippen LogP contribution in [0.4, 0.5) is 0 Å². The number of hydrogen-bond donors (Lipinski definition) is 1. The number of benzene rings is 2. The van der Waals surface area contributed by atoms with Crippen LogP contribution in [0.25, 0.3) is 0 Å². The Balaban J connectivity index is 2.11. The van der Waals surface area contributed by atoms with E-state index in [2.05, 4.69) is 6.07 Å². The van der Waals surface area contributed by atoms with E-state index in [0.29, 0.717) is 22.0 Å². The second kappa shape index (κ2) is 5.35. The maximum Gasteiger partial charge on any atom is 0.113 e. The van der Waals surface area contributed by atoms with Gasteiger partial charge in [0.25, 0.3) is 0 Å². The van der Waals surface area contributed by atoms with Crippen LogP contribution in [0, 0.1) is 11.3 Å². The summed E-state index contributed by atoms with van der Waals surface area (Å²) >= 11 is 12.0. The van der Waals surface area contributed by atoms with Gasteiger partial charge in [-0.1, -0.05) is 47.5 Å². The maximum atomic E-state index is 10.8. The molecule has 0 spiro atoms. The Kier molecular flexibility index (Phi) is 3.67. The van der Waals surface area contributed by atoms with E-state index >= 15 is 0 Å². The summed E-state index contributed by atoms with van der Waals surface area (Å²) in [4.78, 5) is 0. The summed E-state index contributed by atoms with van der Waals surface area (Å²) in [6, 6.07) is 15.0. The molecule has 106 valence electrons. The van der Waals surface area contributed by atoms with Gasteiger partial charge in [-0.05, 0) is 47.7 Å². The first-order chi connectivity index (χ1) is 10.1. The summed E-state index contributed by atoms with van der Waals surface area (Å²) in [6.45, 7) is 0. The molecule has 1 N–H and O–H groups in total. The van der Waals surface area contributed by atoms with Crippen LogP contribution < -0.4 is 0 Å². The first-order valence-electron chi connectivity index (χ1n) is 6.70. The summed E-state index contributed by atoms with van der Waals surface area (Å²) in [5.74, 6) is 0. The van der Waals surface area contributed by atoms with Crippen molar-refractivity contribution >= 4 is 23.2 Å². The zero-order valence-corrected chi connectivity index (χ0v) is 12.7. The van der Waals surface area contributed by atoms with Crippen molar-refractivity contribution < 1.29 is 5.11 Å². The third-order valence-electron chi connectivity index (χ3n) is 4.15. The molecule has 2 unspecified atom stereocenters. The van der Waals surface area contributed by atoms with E-state index < -0.39 is 11.5 Å². The van der Waals surface area contributed by atoms with Crippen LogP contribution >= 0.6 is 23.2 Å². The van der Waals surface area contributed by atoms with Gasteiger partial charge in [-0.15, -0.1) is 0 Å². The van der Waals surface area contributed by atoms with Gasteiger partial charge in [0, 0.05) is 10.0 Å². The lowest BCUT2D eigenvalue weighted by atomic mass is 9.75. The first kappa shape index (κ1) is 14.4. The molecule has 0 aromatic heterocycles. The van der Waals surface area contributed by atoms with E-state index in [4.69, 9.17) is 23.2 Å². The lowest BCUT2D eigenvalue weighted by Gasteiger charge is -2.29. The highest BCUT2D eigenvalue weighted by Crippen LogP contribution is 2.47. The summed E-state index contributed by atoms with van der Waals surface area (Å²) in [5.41, 5.74) is 1.65. The van der Waals surface area contributed by atoms with Gasteiger partial charge in [-0.25, -0.2) is 0 Å². The van der Waals surface area contributed by atoms with Gasteiger partial charge in [-0.3, -0.25) is 0 Å². The molecule has 4 heteroatoms. The summed E-state index contributed by atoms with van der Waals surface area (Å²) in [5, 5.41) is 21.5. The third-order valence-corrected chi connectivity index (χ3v) is 4.59. The molecule has 0 saturated carbocycles. The Morgan fingerprint density at radius 1 is 1.14 bits per heavy atom. The first-order valence-corrected chi connectivity index (χ1v) is 7.46. The Morgan fingerprint density at radius 2 is 1.81 bits per heavy atom. The zero-order chi connectivity index (χ0) is 15.0. The highest BCUT2D eigenvalue weighted by molar-refractivity contribution is 6.34. The molecule has 21 heavy (non-hydrogen) atoms. The second-order valence-electron chi connectivity index (χ2n) is 5.35. The molecule has 0 heterocycles. The standard InChI is InChI=1S/C17H13Cl2NO/c18-13-7-12(8-14(19)9-13)16(21)17(10-20)6-5-11-3-1-2-4-15(11)17/h1-4,7-9,16,21H,5-6H2. The number of hydrogen-bond acceptors (Lipinski definition) is 2. The molecule has 0 amide bonds. The number of aliphatic hydroxyl groups excluding tert-OH is 1. The highest BCUT2D eigenvalue weighted by Gasteiger charge is 2.45. The fourth-order valence-corrected chi connectivity index (χ4v) is 3.66. The molecule has 2 aromatic carbocycles. The summed E-state index contributed by atoms with van der Waals surface area (Å²) < 4.78 is 0. The molecule has 2 aromatic rings. The van der Waals surface area contributed by atoms with Crippen molar-refractivity contribution in [2.45, 2.75) is 24.4 Å². The van der Waals surface area contributed by atoms with Gasteiger partial charge < -0.3 is 5.11 Å². The van der Waals surface area contributed by atoms with Crippen molar-refractivity contribution in [3.8, 4) is 6.07 Å². The SMILES string of the molecule is N#CC1(C(O)c2cc(Cl)cc(Cl)c2)CCc2ccccc21. The largest absolute Gasteiger partial charge is 0.386 e. The normalized spacial score (nSPS) is 21.6. The van der Waals surface area contributed by atoms with Gasteiger partial charge in [0.1, 0.15) is 11.5 Å². The average Bonchev–Trinajstić information content (AvgIpc) is 2.85. The van der Waals surface area contributed by atoms with Crippen LogP contribution in [-0.4, -0.2) is 5.11 Å². The fourth-order valence-electron chi connectivity index (χ4n) is 3.12. The van der Waals surface area contributed by atoms with Crippen molar-refractivity contribution in [3.63, 3.8) is 0 Å². The average molecular weight is 318 g/mol. The Bertz CT molecular complexity index is 718. The van der Waals surface area contributed by atoms with E-state index in [9.17, 15) is 10.4 Å². The number of halogens is 2. The van der Waals surface area contributed by atoms with E-state index in [-0.39, 0.29) is 0 Å². The van der Waals surface area contributed by atoms with Crippen LogP contribution in [0.3, 0.4) is 0 Å². The number of nitrogens with zero attached hydrogens (tertiary/aromatic N) is 1. The minimum atomic E-state index is -0.956. The van der Waals surface area contributed by atoms with Crippen molar-refractivity contribution in [2.75, 3.05) is 0 Å². The maximum absolute atomic E-state index is 10.8. The van der Waals surface area contributed by atoms with Crippen LogP contribution in [0.2, 0.25) is 10.0 Å². The van der Waals surface area contributed by atoms with Gasteiger partial charge in [-0.2, -0.15) is 5.26 Å². The van der Waals surface area contributed by atoms with Gasteiger partial charge in [0.2, 0.25) is 0 Å². The van der Waals surface area contributed by atoms with Gasteiger partial charge in [0.15, 0.2) is 0 Å². The monoisotopic (exact) mass is 317 g/mol. The minimum absolute atomic E-state index is 0.455. The smallest absolute Gasteiger partial charge is 0.113 e. The summed E-state index contributed by atoms with van der Waals surface area (Å²) in [6.07, 6.45) is 0.422. The zero-order valence-electron chi connectivity index (χ0n) is 11.2. The van der Waals surface area contributed by atoms with Crippen LogP contribution in [0.1, 0.15) is 29.2 Å². The molecular weight excluding hydrogens is 305 g/mol. The number of fused-ring (bicyclic) bond motifs is 1. The molecule has 0 bridgehead atoms. The number of aryl methyl sites for hydroxylation is 1. The summed E-state index contributed by atoms with van der Waals surface area (Å²) in [7, 11) is 0. The minimum Gasteiger partial charge on any atom is -0.386 e. The van der Waals surface area contributed by atoms with Gasteiger partial charge in [0.05, 0.1) is 6.07 Å². The van der Waals surface area contributed by atoms with Crippen LogP contribution in [0.5, 0.6) is 0 Å². The molecule has 0 saturated heterocycles. The van der Waals surface area contributed by atoms with E-state index in [1.54, 1.807) is 18.2 Å².